The van der Waals surface area contributed by atoms with E-state index in [0.717, 1.165) is 17.0 Å². The van der Waals surface area contributed by atoms with Crippen LogP contribution >= 0.6 is 0 Å². The fourth-order valence-electron chi connectivity index (χ4n) is 3.88. The average molecular weight is 605 g/mol. The van der Waals surface area contributed by atoms with Crippen molar-refractivity contribution in [2.24, 2.45) is 0 Å². The van der Waals surface area contributed by atoms with Gasteiger partial charge >= 0.3 is 12.1 Å². The molecule has 1 heterocycles. The first kappa shape index (κ1) is 31.7. The highest BCUT2D eigenvalue weighted by Crippen LogP contribution is 2.27. The number of carboxylic acid groups (broad SMARTS) is 1. The number of hydrogen-bond acceptors (Lipinski definition) is 8. The van der Waals surface area contributed by atoms with E-state index in [2.05, 4.69) is 15.6 Å². The summed E-state index contributed by atoms with van der Waals surface area (Å²) in [6.45, 7) is 0.0597. The molecule has 0 saturated carbocycles. The quantitative estimate of drug-likeness (QED) is 0.229. The summed E-state index contributed by atoms with van der Waals surface area (Å²) in [5, 5.41) is 15.0. The van der Waals surface area contributed by atoms with E-state index in [-0.39, 0.29) is 17.3 Å². The molecule has 3 aromatic carbocycles. The van der Waals surface area contributed by atoms with Gasteiger partial charge in [0.05, 0.1) is 12.0 Å². The Morgan fingerprint density at radius 2 is 1.74 bits per heavy atom. The van der Waals surface area contributed by atoms with E-state index in [1.54, 1.807) is 43.6 Å². The molecule has 0 fully saturated rings. The van der Waals surface area contributed by atoms with Gasteiger partial charge in [0.25, 0.3) is 0 Å². The molecule has 0 saturated heterocycles. The maximum Gasteiger partial charge on any atom is 0.490 e. The second-order valence-corrected chi connectivity index (χ2v) is 10.9. The molecule has 5 N–H and O–H groups in total. The van der Waals surface area contributed by atoms with Gasteiger partial charge in [-0.3, -0.25) is 4.79 Å². The summed E-state index contributed by atoms with van der Waals surface area (Å²) in [7, 11) is -1.87. The minimum absolute atomic E-state index is 0.0597. The molecule has 0 aliphatic rings. The lowest BCUT2D eigenvalue weighted by atomic mass is 10.0. The van der Waals surface area contributed by atoms with Crippen LogP contribution in [0.15, 0.2) is 83.9 Å². The molecule has 4 aromatic rings. The third-order valence-electron chi connectivity index (χ3n) is 5.86. The van der Waals surface area contributed by atoms with Crippen LogP contribution in [0, 0.1) is 0 Å². The van der Waals surface area contributed by atoms with Gasteiger partial charge in [-0.1, -0.05) is 30.3 Å². The van der Waals surface area contributed by atoms with Gasteiger partial charge < -0.3 is 26.2 Å². The predicted octanol–water partition coefficient (Wildman–Crippen LogP) is 4.33. The van der Waals surface area contributed by atoms with E-state index in [0.29, 0.717) is 28.4 Å². The Morgan fingerprint density at radius 3 is 2.38 bits per heavy atom. The fourth-order valence-corrected chi connectivity index (χ4v) is 4.82. The lowest BCUT2D eigenvalue weighted by Crippen LogP contribution is -2.33. The Morgan fingerprint density at radius 1 is 1.05 bits per heavy atom. The zero-order valence-electron chi connectivity index (χ0n) is 22.3. The summed E-state index contributed by atoms with van der Waals surface area (Å²) >= 11 is 0. The number of nitrogen functional groups attached to an aromatic ring is 1. The third-order valence-corrected chi connectivity index (χ3v) is 7.06. The van der Waals surface area contributed by atoms with Crippen molar-refractivity contribution in [3.05, 3.63) is 90.1 Å². The number of aromatic nitrogens is 1. The summed E-state index contributed by atoms with van der Waals surface area (Å²) in [5.41, 5.74) is 7.88. The lowest BCUT2D eigenvalue weighted by molar-refractivity contribution is -0.192. The Bertz CT molecular complexity index is 1700. The zero-order valence-corrected chi connectivity index (χ0v) is 23.2. The van der Waals surface area contributed by atoms with Gasteiger partial charge in [-0.25, -0.2) is 18.2 Å². The number of ether oxygens (including phenoxy) is 1. The number of nitrogens with one attached hydrogen (secondary N) is 2. The molecule has 14 heteroatoms. The normalized spacial score (nSPS) is 12.0. The number of rotatable bonds is 8. The van der Waals surface area contributed by atoms with Crippen molar-refractivity contribution in [1.82, 2.24) is 10.3 Å². The second-order valence-electron chi connectivity index (χ2n) is 8.89. The van der Waals surface area contributed by atoms with Crippen LogP contribution in [-0.4, -0.2) is 49.9 Å². The molecule has 4 rings (SSSR count). The highest BCUT2D eigenvalue weighted by molar-refractivity contribution is 7.90. The van der Waals surface area contributed by atoms with Crippen LogP contribution in [0.25, 0.3) is 10.8 Å². The summed E-state index contributed by atoms with van der Waals surface area (Å²) in [4.78, 5) is 26.6. The number of halogens is 3. The summed E-state index contributed by atoms with van der Waals surface area (Å²) < 4.78 is 61.4. The van der Waals surface area contributed by atoms with Gasteiger partial charge in [0.1, 0.15) is 17.6 Å². The number of carbonyl (C=O) groups is 2. The van der Waals surface area contributed by atoms with Crippen molar-refractivity contribution in [3.63, 3.8) is 0 Å². The maximum atomic E-state index is 13.4. The van der Waals surface area contributed by atoms with E-state index in [4.69, 9.17) is 20.4 Å². The zero-order chi connectivity index (χ0) is 31.1. The van der Waals surface area contributed by atoms with E-state index in [1.165, 1.54) is 6.07 Å². The van der Waals surface area contributed by atoms with Crippen LogP contribution < -0.4 is 21.1 Å². The number of aliphatic carboxylic acids is 1. The largest absolute Gasteiger partial charge is 0.497 e. The first-order valence-electron chi connectivity index (χ1n) is 12.1. The SMILES string of the molecule is COc1cccc(C(Nc2ccc3c(N)nccc3c2)C(=O)NCc2ccccc2S(C)(=O)=O)c1.O=C(O)C(F)(F)F. The predicted molar refractivity (Wildman–Crippen MR) is 151 cm³/mol. The van der Waals surface area contributed by atoms with Gasteiger partial charge in [0.2, 0.25) is 5.91 Å². The summed E-state index contributed by atoms with van der Waals surface area (Å²) in [6, 6.07) is 20.5. The van der Waals surface area contributed by atoms with Crippen molar-refractivity contribution < 1.29 is 41.0 Å². The molecule has 0 radical (unpaired) electrons. The molecule has 10 nitrogen and oxygen atoms in total. The van der Waals surface area contributed by atoms with Crippen LogP contribution in [0.4, 0.5) is 24.7 Å². The van der Waals surface area contributed by atoms with E-state index >= 15 is 0 Å². The van der Waals surface area contributed by atoms with Gasteiger partial charge in [0.15, 0.2) is 9.84 Å². The van der Waals surface area contributed by atoms with E-state index in [1.807, 2.05) is 36.4 Å². The second kappa shape index (κ2) is 13.2. The first-order valence-corrected chi connectivity index (χ1v) is 14.0. The van der Waals surface area contributed by atoms with Crippen LogP contribution in [0.2, 0.25) is 0 Å². The van der Waals surface area contributed by atoms with Gasteiger partial charge in [-0.15, -0.1) is 0 Å². The number of amides is 1. The molecule has 1 unspecified atom stereocenters. The lowest BCUT2D eigenvalue weighted by Gasteiger charge is -2.21. The topological polar surface area (TPSA) is 161 Å². The van der Waals surface area contributed by atoms with Crippen LogP contribution in [0.1, 0.15) is 17.2 Å². The summed E-state index contributed by atoms with van der Waals surface area (Å²) in [6.07, 6.45) is -2.30. The Balaban J connectivity index is 0.000000616. The third kappa shape index (κ3) is 8.33. The van der Waals surface area contributed by atoms with Crippen LogP contribution in [0.3, 0.4) is 0 Å². The van der Waals surface area contributed by atoms with E-state index in [9.17, 15) is 26.4 Å². The first-order chi connectivity index (χ1) is 19.7. The van der Waals surface area contributed by atoms with Crippen molar-refractivity contribution >= 4 is 44.0 Å². The summed E-state index contributed by atoms with van der Waals surface area (Å²) in [5.74, 6) is -2.04. The van der Waals surface area contributed by atoms with Crippen LogP contribution in [0.5, 0.6) is 5.75 Å². The molecular formula is C28H27F3N4O6S. The molecule has 0 aliphatic carbocycles. The number of carbonyl (C=O) groups excluding carboxylic acids is 1. The molecule has 1 aromatic heterocycles. The number of methoxy groups -OCH3 is 1. The number of hydrogen-bond donors (Lipinski definition) is 4. The highest BCUT2D eigenvalue weighted by atomic mass is 32.2. The fraction of sp³-hybridized carbons (Fsp3) is 0.179. The number of sulfone groups is 1. The molecular weight excluding hydrogens is 577 g/mol. The number of alkyl halides is 3. The van der Waals surface area contributed by atoms with Gasteiger partial charge in [0, 0.05) is 30.1 Å². The van der Waals surface area contributed by atoms with E-state index < -0.39 is 28.0 Å². The number of pyridine rings is 1. The number of benzene rings is 3. The molecule has 222 valence electrons. The number of fused-ring (bicyclic) bond motifs is 1. The minimum atomic E-state index is -5.08. The van der Waals surface area contributed by atoms with Crippen molar-refractivity contribution in [3.8, 4) is 5.75 Å². The van der Waals surface area contributed by atoms with Crippen molar-refractivity contribution in [2.75, 3.05) is 24.4 Å². The van der Waals surface area contributed by atoms with Crippen molar-refractivity contribution in [1.29, 1.82) is 0 Å². The molecule has 1 amide bonds. The number of nitrogens with two attached hydrogens (primary N) is 1. The molecule has 1 atom stereocenters. The maximum absolute atomic E-state index is 13.4. The number of anilines is 2. The Labute approximate surface area is 239 Å². The standard InChI is InChI=1S/C26H26N4O4S.C2HF3O2/c1-34-21-8-5-7-18(15-21)24(30-20-10-11-22-17(14-20)12-13-28-25(22)27)26(31)29-16-19-6-3-4-9-23(19)35(2,32)33;3-2(4,5)1(6)7/h3-15,24,30H,16H2,1-2H3,(H2,27,28)(H,29,31);(H,6,7). The van der Waals surface area contributed by atoms with Crippen LogP contribution in [-0.2, 0) is 26.0 Å². The number of carboxylic acids is 1. The molecule has 0 aliphatic heterocycles. The molecule has 0 spiro atoms. The highest BCUT2D eigenvalue weighted by Gasteiger charge is 2.38. The monoisotopic (exact) mass is 604 g/mol. The average Bonchev–Trinajstić information content (AvgIpc) is 2.94. The van der Waals surface area contributed by atoms with Crippen molar-refractivity contribution in [2.45, 2.75) is 23.7 Å². The molecule has 42 heavy (non-hydrogen) atoms. The van der Waals surface area contributed by atoms with Gasteiger partial charge in [-0.2, -0.15) is 13.2 Å². The Hall–Kier alpha value is -4.85. The Kier molecular flexibility index (Phi) is 9.96. The minimum Gasteiger partial charge on any atom is -0.497 e. The molecule has 0 bridgehead atoms. The van der Waals surface area contributed by atoms with Gasteiger partial charge in [-0.05, 0) is 59.0 Å². The number of nitrogens with zero attached hydrogens (tertiary/aromatic N) is 1. The smallest absolute Gasteiger partial charge is 0.490 e.